The van der Waals surface area contributed by atoms with Crippen LogP contribution in [0.25, 0.3) is 33.2 Å². The Bertz CT molecular complexity index is 1010. The molecule has 1 N–H and O–H groups in total. The van der Waals surface area contributed by atoms with E-state index in [4.69, 9.17) is 9.72 Å². The van der Waals surface area contributed by atoms with Crippen molar-refractivity contribution in [2.45, 2.75) is 13.8 Å². The van der Waals surface area contributed by atoms with E-state index in [1.807, 2.05) is 12.1 Å². The highest BCUT2D eigenvalue weighted by atomic mass is 16.5. The molecule has 4 aromatic rings. The van der Waals surface area contributed by atoms with E-state index >= 15 is 0 Å². The second kappa shape index (κ2) is 5.13. The van der Waals surface area contributed by atoms with E-state index in [2.05, 4.69) is 55.2 Å². The van der Waals surface area contributed by atoms with E-state index in [1.54, 1.807) is 7.11 Å². The zero-order chi connectivity index (χ0) is 16.0. The summed E-state index contributed by atoms with van der Waals surface area (Å²) < 4.78 is 5.31. The van der Waals surface area contributed by atoms with Crippen LogP contribution in [-0.4, -0.2) is 17.1 Å². The minimum atomic E-state index is 0.848. The number of aromatic nitrogens is 2. The Morgan fingerprint density at radius 1 is 0.957 bits per heavy atom. The molecule has 0 bridgehead atoms. The third-order valence-corrected chi connectivity index (χ3v) is 4.31. The van der Waals surface area contributed by atoms with Crippen molar-refractivity contribution in [3.05, 3.63) is 59.7 Å². The average Bonchev–Trinajstić information content (AvgIpc) is 2.94. The number of benzene rings is 2. The Morgan fingerprint density at radius 2 is 1.74 bits per heavy atom. The molecule has 0 radical (unpaired) electrons. The third-order valence-electron chi connectivity index (χ3n) is 4.31. The fraction of sp³-hybridized carbons (Fsp3) is 0.150. The summed E-state index contributed by atoms with van der Waals surface area (Å²) in [5.74, 6) is 0.848. The van der Waals surface area contributed by atoms with Crippen molar-refractivity contribution in [1.82, 2.24) is 9.97 Å². The summed E-state index contributed by atoms with van der Waals surface area (Å²) in [7, 11) is 1.68. The molecule has 0 unspecified atom stereocenters. The van der Waals surface area contributed by atoms with Crippen LogP contribution in [0.4, 0.5) is 0 Å². The lowest BCUT2D eigenvalue weighted by Crippen LogP contribution is -1.87. The molecule has 0 fully saturated rings. The minimum Gasteiger partial charge on any atom is -0.497 e. The van der Waals surface area contributed by atoms with Gasteiger partial charge in [-0.2, -0.15) is 0 Å². The van der Waals surface area contributed by atoms with Crippen molar-refractivity contribution >= 4 is 21.9 Å². The highest BCUT2D eigenvalue weighted by molar-refractivity contribution is 6.06. The van der Waals surface area contributed by atoms with Crippen molar-refractivity contribution in [3.8, 4) is 17.0 Å². The number of nitrogens with one attached hydrogen (secondary N) is 1. The van der Waals surface area contributed by atoms with Crippen LogP contribution >= 0.6 is 0 Å². The second-order valence-electron chi connectivity index (χ2n) is 5.95. The monoisotopic (exact) mass is 302 g/mol. The Hall–Kier alpha value is -2.81. The number of ether oxygens (including phenoxy) is 1. The van der Waals surface area contributed by atoms with Gasteiger partial charge in [-0.15, -0.1) is 0 Å². The first-order valence-electron chi connectivity index (χ1n) is 7.70. The Labute approximate surface area is 134 Å². The molecule has 23 heavy (non-hydrogen) atoms. The fourth-order valence-corrected chi connectivity index (χ4v) is 2.99. The third kappa shape index (κ3) is 2.25. The van der Waals surface area contributed by atoms with E-state index in [9.17, 15) is 0 Å². The predicted molar refractivity (Wildman–Crippen MR) is 95.1 cm³/mol. The molecule has 2 aromatic heterocycles. The van der Waals surface area contributed by atoms with Crippen molar-refractivity contribution in [2.24, 2.45) is 0 Å². The summed E-state index contributed by atoms with van der Waals surface area (Å²) >= 11 is 0. The van der Waals surface area contributed by atoms with Gasteiger partial charge in [0.2, 0.25) is 0 Å². The molecule has 0 aliphatic rings. The molecule has 0 aliphatic carbocycles. The molecule has 3 nitrogen and oxygen atoms in total. The maximum absolute atomic E-state index is 5.31. The average molecular weight is 302 g/mol. The molecule has 0 saturated heterocycles. The van der Waals surface area contributed by atoms with Crippen molar-refractivity contribution < 1.29 is 4.74 Å². The SMILES string of the molecule is COc1ccc2c(c1)[nH]c1c(C)cc(-c3ccc(C)cc3)nc12. The molecule has 3 heteroatoms. The van der Waals surface area contributed by atoms with E-state index in [0.29, 0.717) is 0 Å². The van der Waals surface area contributed by atoms with Crippen LogP contribution in [-0.2, 0) is 0 Å². The normalized spacial score (nSPS) is 11.3. The van der Waals surface area contributed by atoms with E-state index in [-0.39, 0.29) is 0 Å². The number of nitrogens with zero attached hydrogens (tertiary/aromatic N) is 1. The van der Waals surface area contributed by atoms with E-state index in [1.165, 1.54) is 11.1 Å². The van der Waals surface area contributed by atoms with Crippen LogP contribution in [0.5, 0.6) is 5.75 Å². The summed E-state index contributed by atoms with van der Waals surface area (Å²) in [4.78, 5) is 8.37. The minimum absolute atomic E-state index is 0.848. The summed E-state index contributed by atoms with van der Waals surface area (Å²) in [6, 6.07) is 16.7. The molecular formula is C20H18N2O. The molecule has 114 valence electrons. The quantitative estimate of drug-likeness (QED) is 0.565. The standard InChI is InChI=1S/C20H18N2O/c1-12-4-6-14(7-5-12)17-10-13(2)19-20(21-17)16-9-8-15(23-3)11-18(16)22-19/h4-11,22H,1-3H3. The van der Waals surface area contributed by atoms with Gasteiger partial charge in [0.15, 0.2) is 0 Å². The van der Waals surface area contributed by atoms with Gasteiger partial charge in [-0.3, -0.25) is 0 Å². The largest absolute Gasteiger partial charge is 0.497 e. The zero-order valence-electron chi connectivity index (χ0n) is 13.5. The Kier molecular flexibility index (Phi) is 3.08. The second-order valence-corrected chi connectivity index (χ2v) is 5.95. The summed E-state index contributed by atoms with van der Waals surface area (Å²) in [6.07, 6.45) is 0. The lowest BCUT2D eigenvalue weighted by atomic mass is 10.1. The number of hydrogen-bond donors (Lipinski definition) is 1. The first-order valence-corrected chi connectivity index (χ1v) is 7.70. The van der Waals surface area contributed by atoms with Crippen LogP contribution in [0.2, 0.25) is 0 Å². The van der Waals surface area contributed by atoms with Crippen LogP contribution < -0.4 is 4.74 Å². The van der Waals surface area contributed by atoms with E-state index in [0.717, 1.165) is 38.9 Å². The van der Waals surface area contributed by atoms with Gasteiger partial charge in [-0.25, -0.2) is 4.98 Å². The van der Waals surface area contributed by atoms with Crippen LogP contribution in [0.3, 0.4) is 0 Å². The predicted octanol–water partition coefficient (Wildman–Crippen LogP) is 5.01. The van der Waals surface area contributed by atoms with Gasteiger partial charge in [0.1, 0.15) is 5.75 Å². The van der Waals surface area contributed by atoms with Gasteiger partial charge < -0.3 is 9.72 Å². The van der Waals surface area contributed by atoms with Crippen LogP contribution in [0, 0.1) is 13.8 Å². The smallest absolute Gasteiger partial charge is 0.120 e. The molecule has 4 rings (SSSR count). The number of fused-ring (bicyclic) bond motifs is 3. The lowest BCUT2D eigenvalue weighted by Gasteiger charge is -2.04. The highest BCUT2D eigenvalue weighted by Gasteiger charge is 2.11. The van der Waals surface area contributed by atoms with Gasteiger partial charge in [0.05, 0.1) is 29.4 Å². The zero-order valence-corrected chi connectivity index (χ0v) is 13.5. The van der Waals surface area contributed by atoms with Crippen LogP contribution in [0.15, 0.2) is 48.5 Å². The summed E-state index contributed by atoms with van der Waals surface area (Å²) in [5.41, 5.74) is 7.75. The Balaban J connectivity index is 1.98. The number of methoxy groups -OCH3 is 1. The first-order chi connectivity index (χ1) is 11.2. The topological polar surface area (TPSA) is 37.9 Å². The molecule has 0 aliphatic heterocycles. The van der Waals surface area contributed by atoms with E-state index < -0.39 is 0 Å². The molecule has 0 amide bonds. The van der Waals surface area contributed by atoms with Crippen LogP contribution in [0.1, 0.15) is 11.1 Å². The molecule has 0 saturated carbocycles. The number of hydrogen-bond acceptors (Lipinski definition) is 2. The Morgan fingerprint density at radius 3 is 2.48 bits per heavy atom. The first kappa shape index (κ1) is 13.8. The van der Waals surface area contributed by atoms with Gasteiger partial charge in [-0.1, -0.05) is 29.8 Å². The number of aryl methyl sites for hydroxylation is 2. The lowest BCUT2D eigenvalue weighted by molar-refractivity contribution is 0.415. The molecule has 2 aromatic carbocycles. The number of aromatic amines is 1. The van der Waals surface area contributed by atoms with Gasteiger partial charge in [-0.05, 0) is 37.6 Å². The molecule has 0 spiro atoms. The van der Waals surface area contributed by atoms with Crippen molar-refractivity contribution in [3.63, 3.8) is 0 Å². The highest BCUT2D eigenvalue weighted by Crippen LogP contribution is 2.31. The summed E-state index contributed by atoms with van der Waals surface area (Å²) in [5, 5.41) is 1.12. The summed E-state index contributed by atoms with van der Waals surface area (Å²) in [6.45, 7) is 4.22. The number of H-pyrrole nitrogens is 1. The van der Waals surface area contributed by atoms with Gasteiger partial charge >= 0.3 is 0 Å². The number of rotatable bonds is 2. The molecule has 2 heterocycles. The molecular weight excluding hydrogens is 284 g/mol. The fourth-order valence-electron chi connectivity index (χ4n) is 2.99. The van der Waals surface area contributed by atoms with Gasteiger partial charge in [0, 0.05) is 17.0 Å². The number of pyridine rings is 1. The van der Waals surface area contributed by atoms with Gasteiger partial charge in [0.25, 0.3) is 0 Å². The molecule has 0 atom stereocenters. The maximum atomic E-state index is 5.31. The van der Waals surface area contributed by atoms with Crippen molar-refractivity contribution in [1.29, 1.82) is 0 Å². The maximum Gasteiger partial charge on any atom is 0.120 e. The van der Waals surface area contributed by atoms with Crippen molar-refractivity contribution in [2.75, 3.05) is 7.11 Å².